The minimum atomic E-state index is -0.660. The van der Waals surface area contributed by atoms with E-state index in [4.69, 9.17) is 0 Å². The molecule has 0 aliphatic carbocycles. The molecule has 2 aliphatic heterocycles. The highest BCUT2D eigenvalue weighted by atomic mass is 32.1. The number of piperazine rings is 1. The number of rotatable bonds is 4. The molecular formula is C19H18FN3O3S. The molecule has 2 aliphatic rings. The van der Waals surface area contributed by atoms with Crippen LogP contribution in [0, 0.1) is 5.82 Å². The van der Waals surface area contributed by atoms with Gasteiger partial charge in [-0.15, -0.1) is 11.3 Å². The number of fused-ring (bicyclic) bond motifs is 1. The monoisotopic (exact) mass is 387 g/mol. The summed E-state index contributed by atoms with van der Waals surface area (Å²) in [6.07, 6.45) is 0.627. The predicted octanol–water partition coefficient (Wildman–Crippen LogP) is 2.22. The second-order valence-electron chi connectivity index (χ2n) is 6.57. The van der Waals surface area contributed by atoms with Crippen molar-refractivity contribution >= 4 is 29.2 Å². The summed E-state index contributed by atoms with van der Waals surface area (Å²) in [7, 11) is 0. The standard InChI is InChI=1S/C19H18FN3O3S/c20-14-4-1-3-13(11-14)17(24)21-8-9-22-16(12-21)18(25)23(19(22)26)7-6-15-5-2-10-27-15/h1-5,10-11,16H,6-9,12H2. The second kappa shape index (κ2) is 7.11. The maximum atomic E-state index is 13.4. The number of hydrogen-bond donors (Lipinski definition) is 0. The molecule has 2 saturated heterocycles. The Kier molecular flexibility index (Phi) is 4.65. The molecule has 3 heterocycles. The fraction of sp³-hybridized carbons (Fsp3) is 0.316. The fourth-order valence-corrected chi connectivity index (χ4v) is 4.22. The van der Waals surface area contributed by atoms with Crippen LogP contribution in [0.25, 0.3) is 0 Å². The van der Waals surface area contributed by atoms with Crippen molar-refractivity contribution in [2.45, 2.75) is 12.5 Å². The summed E-state index contributed by atoms with van der Waals surface area (Å²) < 4.78 is 13.4. The van der Waals surface area contributed by atoms with Gasteiger partial charge in [-0.2, -0.15) is 0 Å². The number of carbonyl (C=O) groups is 3. The first-order chi connectivity index (χ1) is 13.0. The molecule has 8 heteroatoms. The number of hydrogen-bond acceptors (Lipinski definition) is 4. The predicted molar refractivity (Wildman–Crippen MR) is 97.9 cm³/mol. The summed E-state index contributed by atoms with van der Waals surface area (Å²) in [5.41, 5.74) is 0.245. The first kappa shape index (κ1) is 17.7. The highest BCUT2D eigenvalue weighted by Crippen LogP contribution is 2.24. The molecule has 27 heavy (non-hydrogen) atoms. The minimum absolute atomic E-state index is 0.134. The number of thiophene rings is 1. The Morgan fingerprint density at radius 3 is 2.78 bits per heavy atom. The van der Waals surface area contributed by atoms with Crippen LogP contribution in [0.15, 0.2) is 41.8 Å². The number of imide groups is 1. The van der Waals surface area contributed by atoms with E-state index in [9.17, 15) is 18.8 Å². The zero-order chi connectivity index (χ0) is 19.0. The highest BCUT2D eigenvalue weighted by molar-refractivity contribution is 7.09. The molecule has 2 fully saturated rings. The molecule has 4 amide bonds. The highest BCUT2D eigenvalue weighted by Gasteiger charge is 2.48. The first-order valence-corrected chi connectivity index (χ1v) is 9.62. The molecule has 0 spiro atoms. The average Bonchev–Trinajstić information content (AvgIpc) is 3.27. The van der Waals surface area contributed by atoms with Crippen LogP contribution >= 0.6 is 11.3 Å². The molecule has 0 radical (unpaired) electrons. The van der Waals surface area contributed by atoms with Crippen LogP contribution < -0.4 is 0 Å². The molecule has 1 aromatic heterocycles. The first-order valence-electron chi connectivity index (χ1n) is 8.74. The summed E-state index contributed by atoms with van der Waals surface area (Å²) in [5.74, 6) is -1.08. The van der Waals surface area contributed by atoms with E-state index in [1.807, 2.05) is 17.5 Å². The zero-order valence-electron chi connectivity index (χ0n) is 14.5. The van der Waals surface area contributed by atoms with Crippen LogP contribution in [0.1, 0.15) is 15.2 Å². The van der Waals surface area contributed by atoms with Crippen molar-refractivity contribution in [2.75, 3.05) is 26.2 Å². The van der Waals surface area contributed by atoms with Crippen molar-refractivity contribution in [3.63, 3.8) is 0 Å². The third kappa shape index (κ3) is 3.32. The van der Waals surface area contributed by atoms with Crippen molar-refractivity contribution < 1.29 is 18.8 Å². The van der Waals surface area contributed by atoms with Gasteiger partial charge in [0.1, 0.15) is 11.9 Å². The van der Waals surface area contributed by atoms with E-state index in [0.717, 1.165) is 4.88 Å². The van der Waals surface area contributed by atoms with Gasteiger partial charge >= 0.3 is 6.03 Å². The largest absolute Gasteiger partial charge is 0.334 e. The van der Waals surface area contributed by atoms with Crippen LogP contribution in [-0.4, -0.2) is 64.8 Å². The molecule has 0 bridgehead atoms. The Bertz CT molecular complexity index is 886. The summed E-state index contributed by atoms with van der Waals surface area (Å²) in [6.45, 7) is 1.09. The Balaban J connectivity index is 1.45. The second-order valence-corrected chi connectivity index (χ2v) is 7.60. The molecule has 0 saturated carbocycles. The van der Waals surface area contributed by atoms with E-state index in [0.29, 0.717) is 26.1 Å². The molecule has 1 atom stereocenters. The maximum Gasteiger partial charge on any atom is 0.327 e. The lowest BCUT2D eigenvalue weighted by atomic mass is 10.1. The molecule has 2 aromatic rings. The van der Waals surface area contributed by atoms with E-state index in [2.05, 4.69) is 0 Å². The topological polar surface area (TPSA) is 60.9 Å². The number of halogens is 1. The van der Waals surface area contributed by atoms with Gasteiger partial charge in [0.25, 0.3) is 11.8 Å². The summed E-state index contributed by atoms with van der Waals surface area (Å²) in [5, 5.41) is 1.96. The van der Waals surface area contributed by atoms with E-state index < -0.39 is 11.9 Å². The number of nitrogens with zero attached hydrogens (tertiary/aromatic N) is 3. The number of amides is 4. The van der Waals surface area contributed by atoms with E-state index in [1.54, 1.807) is 17.4 Å². The molecule has 4 rings (SSSR count). The summed E-state index contributed by atoms with van der Waals surface area (Å²) in [4.78, 5) is 43.4. The number of urea groups is 1. The number of benzene rings is 1. The van der Waals surface area contributed by atoms with Crippen molar-refractivity contribution in [2.24, 2.45) is 0 Å². The fourth-order valence-electron chi connectivity index (χ4n) is 3.52. The van der Waals surface area contributed by atoms with Crippen LogP contribution in [0.2, 0.25) is 0 Å². The normalized spacial score (nSPS) is 19.6. The summed E-state index contributed by atoms with van der Waals surface area (Å²) >= 11 is 1.59. The molecule has 1 aromatic carbocycles. The number of carbonyl (C=O) groups excluding carboxylic acids is 3. The van der Waals surface area contributed by atoms with Crippen molar-refractivity contribution in [3.05, 3.63) is 58.0 Å². The van der Waals surface area contributed by atoms with Crippen molar-refractivity contribution in [1.82, 2.24) is 14.7 Å². The van der Waals surface area contributed by atoms with Gasteiger partial charge in [0.15, 0.2) is 0 Å². The van der Waals surface area contributed by atoms with Gasteiger partial charge in [-0.25, -0.2) is 9.18 Å². The van der Waals surface area contributed by atoms with Crippen LogP contribution in [-0.2, 0) is 11.2 Å². The van der Waals surface area contributed by atoms with Gasteiger partial charge in [-0.05, 0) is 36.1 Å². The maximum absolute atomic E-state index is 13.4. The van der Waals surface area contributed by atoms with Crippen molar-refractivity contribution in [3.8, 4) is 0 Å². The van der Waals surface area contributed by atoms with Crippen LogP contribution in [0.4, 0.5) is 9.18 Å². The van der Waals surface area contributed by atoms with Gasteiger partial charge in [0, 0.05) is 30.1 Å². The summed E-state index contributed by atoms with van der Waals surface area (Å²) in [6, 6.07) is 8.45. The Morgan fingerprint density at radius 2 is 2.04 bits per heavy atom. The van der Waals surface area contributed by atoms with Crippen molar-refractivity contribution in [1.29, 1.82) is 0 Å². The van der Waals surface area contributed by atoms with Crippen LogP contribution in [0.3, 0.4) is 0 Å². The molecular weight excluding hydrogens is 369 g/mol. The molecule has 1 unspecified atom stereocenters. The SMILES string of the molecule is O=C(c1cccc(F)c1)N1CCN2C(=O)N(CCc3cccs3)C(=O)C2C1. The zero-order valence-corrected chi connectivity index (χ0v) is 15.3. The smallest absolute Gasteiger partial charge is 0.327 e. The molecule has 0 N–H and O–H groups in total. The quantitative estimate of drug-likeness (QED) is 0.756. The van der Waals surface area contributed by atoms with E-state index >= 15 is 0 Å². The lowest BCUT2D eigenvalue weighted by Crippen LogP contribution is -2.54. The third-order valence-corrected chi connectivity index (χ3v) is 5.86. The van der Waals surface area contributed by atoms with Gasteiger partial charge < -0.3 is 9.80 Å². The van der Waals surface area contributed by atoms with Gasteiger partial charge in [0.05, 0.1) is 6.54 Å². The lowest BCUT2D eigenvalue weighted by Gasteiger charge is -2.35. The minimum Gasteiger partial charge on any atom is -0.334 e. The molecule has 6 nitrogen and oxygen atoms in total. The Labute approximate surface area is 159 Å². The van der Waals surface area contributed by atoms with Gasteiger partial charge in [-0.1, -0.05) is 12.1 Å². The average molecular weight is 387 g/mol. The Hall–Kier alpha value is -2.74. The van der Waals surface area contributed by atoms with E-state index in [-0.39, 0.29) is 30.0 Å². The van der Waals surface area contributed by atoms with Crippen LogP contribution in [0.5, 0.6) is 0 Å². The third-order valence-electron chi connectivity index (χ3n) is 4.93. The molecule has 140 valence electrons. The van der Waals surface area contributed by atoms with Gasteiger partial charge in [0.2, 0.25) is 0 Å². The lowest BCUT2D eigenvalue weighted by molar-refractivity contribution is -0.129. The van der Waals surface area contributed by atoms with E-state index in [1.165, 1.54) is 32.9 Å². The Morgan fingerprint density at radius 1 is 1.19 bits per heavy atom. The van der Waals surface area contributed by atoms with Gasteiger partial charge in [-0.3, -0.25) is 14.5 Å².